The van der Waals surface area contributed by atoms with Crippen LogP contribution in [0.1, 0.15) is 39.2 Å². The molecule has 2 nitrogen and oxygen atoms in total. The quantitative estimate of drug-likeness (QED) is 0.837. The minimum atomic E-state index is 0.309. The third-order valence-electron chi connectivity index (χ3n) is 3.05. The minimum Gasteiger partial charge on any atom is -0.328 e. The van der Waals surface area contributed by atoms with Crippen molar-refractivity contribution in [1.82, 2.24) is 4.90 Å². The molecule has 0 heterocycles. The van der Waals surface area contributed by atoms with E-state index in [9.17, 15) is 0 Å². The molecule has 0 amide bonds. The Hall–Kier alpha value is -0.860. The first kappa shape index (κ1) is 15.2. The molecule has 0 spiro atoms. The molecule has 1 unspecified atom stereocenters. The fourth-order valence-electron chi connectivity index (χ4n) is 2.25. The second-order valence-corrected chi connectivity index (χ2v) is 6.54. The van der Waals surface area contributed by atoms with Crippen LogP contribution in [0.4, 0.5) is 0 Å². The summed E-state index contributed by atoms with van der Waals surface area (Å²) in [6, 6.07) is 10.9. The predicted octanol–water partition coefficient (Wildman–Crippen LogP) is 3.27. The van der Waals surface area contributed by atoms with E-state index in [1.165, 1.54) is 5.56 Å². The first-order valence-corrected chi connectivity index (χ1v) is 6.85. The second kappa shape index (κ2) is 6.91. The Kier molecular flexibility index (Phi) is 5.83. The van der Waals surface area contributed by atoms with Crippen molar-refractivity contribution in [2.75, 3.05) is 13.6 Å². The van der Waals surface area contributed by atoms with Gasteiger partial charge in [-0.25, -0.2) is 0 Å². The van der Waals surface area contributed by atoms with Crippen LogP contribution >= 0.6 is 0 Å². The maximum atomic E-state index is 6.17. The molecule has 0 bridgehead atoms. The van der Waals surface area contributed by atoms with E-state index in [1.54, 1.807) is 0 Å². The van der Waals surface area contributed by atoms with Crippen LogP contribution in [0.2, 0.25) is 0 Å². The van der Waals surface area contributed by atoms with E-state index >= 15 is 0 Å². The molecule has 0 fully saturated rings. The summed E-state index contributed by atoms with van der Waals surface area (Å²) in [4.78, 5) is 2.35. The topological polar surface area (TPSA) is 29.3 Å². The summed E-state index contributed by atoms with van der Waals surface area (Å²) in [5.74, 6) is 0. The summed E-state index contributed by atoms with van der Waals surface area (Å²) in [6.07, 6.45) is 2.16. The van der Waals surface area contributed by atoms with Gasteiger partial charge in [0.1, 0.15) is 0 Å². The highest BCUT2D eigenvalue weighted by Crippen LogP contribution is 2.21. The van der Waals surface area contributed by atoms with E-state index in [-0.39, 0.29) is 0 Å². The number of hydrogen-bond donors (Lipinski definition) is 1. The predicted molar refractivity (Wildman–Crippen MR) is 79.4 cm³/mol. The monoisotopic (exact) mass is 248 g/mol. The average molecular weight is 248 g/mol. The van der Waals surface area contributed by atoms with Gasteiger partial charge in [0.2, 0.25) is 0 Å². The van der Waals surface area contributed by atoms with Crippen molar-refractivity contribution in [3.05, 3.63) is 35.9 Å². The average Bonchev–Trinajstić information content (AvgIpc) is 2.25. The van der Waals surface area contributed by atoms with Crippen LogP contribution in [-0.4, -0.2) is 24.5 Å². The molecule has 18 heavy (non-hydrogen) atoms. The highest BCUT2D eigenvalue weighted by Gasteiger charge is 2.15. The van der Waals surface area contributed by atoms with Crippen LogP contribution in [0, 0.1) is 5.41 Å². The van der Waals surface area contributed by atoms with Gasteiger partial charge in [-0.1, -0.05) is 51.1 Å². The van der Waals surface area contributed by atoms with Gasteiger partial charge in [0.25, 0.3) is 0 Å². The summed E-state index contributed by atoms with van der Waals surface area (Å²) < 4.78 is 0. The number of nitrogens with zero attached hydrogens (tertiary/aromatic N) is 1. The van der Waals surface area contributed by atoms with Crippen LogP contribution in [0.5, 0.6) is 0 Å². The van der Waals surface area contributed by atoms with E-state index in [0.29, 0.717) is 11.5 Å². The normalized spacial score (nSPS) is 13.9. The molecule has 0 aromatic heterocycles. The second-order valence-electron chi connectivity index (χ2n) is 6.54. The van der Waals surface area contributed by atoms with E-state index in [0.717, 1.165) is 25.9 Å². The van der Waals surface area contributed by atoms with Gasteiger partial charge in [0, 0.05) is 12.6 Å². The molecular weight excluding hydrogens is 220 g/mol. The summed E-state index contributed by atoms with van der Waals surface area (Å²) in [6.45, 7) is 8.82. The molecule has 1 aromatic rings. The third-order valence-corrected chi connectivity index (χ3v) is 3.05. The van der Waals surface area contributed by atoms with Gasteiger partial charge in [-0.3, -0.25) is 0 Å². The molecule has 1 atom stereocenters. The van der Waals surface area contributed by atoms with E-state index in [1.807, 2.05) is 0 Å². The van der Waals surface area contributed by atoms with Gasteiger partial charge in [-0.05, 0) is 37.4 Å². The largest absolute Gasteiger partial charge is 0.328 e. The molecule has 0 saturated heterocycles. The first-order valence-electron chi connectivity index (χ1n) is 6.85. The molecular formula is C16H28N2. The van der Waals surface area contributed by atoms with Gasteiger partial charge in [-0.2, -0.15) is 0 Å². The van der Waals surface area contributed by atoms with Crippen molar-refractivity contribution in [2.24, 2.45) is 11.1 Å². The first-order chi connectivity index (χ1) is 8.37. The Labute approximate surface area is 112 Å². The summed E-state index contributed by atoms with van der Waals surface area (Å²) in [7, 11) is 2.16. The van der Waals surface area contributed by atoms with Crippen LogP contribution in [0.15, 0.2) is 30.3 Å². The van der Waals surface area contributed by atoms with Gasteiger partial charge >= 0.3 is 0 Å². The zero-order valence-electron chi connectivity index (χ0n) is 12.3. The smallest absolute Gasteiger partial charge is 0.0230 e. The highest BCUT2D eigenvalue weighted by molar-refractivity contribution is 5.14. The Morgan fingerprint density at radius 1 is 1.17 bits per heavy atom. The summed E-state index contributed by atoms with van der Waals surface area (Å²) in [5, 5.41) is 0. The van der Waals surface area contributed by atoms with Crippen LogP contribution in [-0.2, 0) is 6.54 Å². The van der Waals surface area contributed by atoms with Crippen molar-refractivity contribution in [3.63, 3.8) is 0 Å². The standard InChI is InChI=1S/C16H28N2/c1-16(2,3)12-15(17)10-11-18(4)13-14-8-6-5-7-9-14/h5-9,15H,10-13,17H2,1-4H3. The number of benzene rings is 1. The molecule has 1 rings (SSSR count). The Bertz CT molecular complexity index is 327. The zero-order chi connectivity index (χ0) is 13.6. The van der Waals surface area contributed by atoms with Gasteiger partial charge in [0.05, 0.1) is 0 Å². The Morgan fingerprint density at radius 3 is 2.33 bits per heavy atom. The van der Waals surface area contributed by atoms with E-state index in [4.69, 9.17) is 5.73 Å². The summed E-state index contributed by atoms with van der Waals surface area (Å²) in [5.41, 5.74) is 7.87. The Balaban J connectivity index is 2.27. The van der Waals surface area contributed by atoms with Crippen LogP contribution in [0.3, 0.4) is 0 Å². The van der Waals surface area contributed by atoms with E-state index in [2.05, 4.69) is 63.1 Å². The molecule has 0 radical (unpaired) electrons. The third kappa shape index (κ3) is 6.77. The van der Waals surface area contributed by atoms with E-state index < -0.39 is 0 Å². The van der Waals surface area contributed by atoms with Crippen LogP contribution < -0.4 is 5.73 Å². The number of rotatable bonds is 6. The maximum Gasteiger partial charge on any atom is 0.0230 e. The van der Waals surface area contributed by atoms with Crippen LogP contribution in [0.25, 0.3) is 0 Å². The number of hydrogen-bond acceptors (Lipinski definition) is 2. The Morgan fingerprint density at radius 2 is 1.78 bits per heavy atom. The molecule has 2 N–H and O–H groups in total. The zero-order valence-corrected chi connectivity index (χ0v) is 12.3. The van der Waals surface area contributed by atoms with Crippen molar-refractivity contribution in [3.8, 4) is 0 Å². The molecule has 2 heteroatoms. The summed E-state index contributed by atoms with van der Waals surface area (Å²) >= 11 is 0. The lowest BCUT2D eigenvalue weighted by Gasteiger charge is -2.25. The van der Waals surface area contributed by atoms with Crippen molar-refractivity contribution >= 4 is 0 Å². The molecule has 102 valence electrons. The number of nitrogens with two attached hydrogens (primary N) is 1. The maximum absolute atomic E-state index is 6.17. The molecule has 1 aromatic carbocycles. The van der Waals surface area contributed by atoms with Gasteiger partial charge < -0.3 is 10.6 Å². The van der Waals surface area contributed by atoms with Crippen molar-refractivity contribution in [1.29, 1.82) is 0 Å². The van der Waals surface area contributed by atoms with Gasteiger partial charge in [0.15, 0.2) is 0 Å². The lowest BCUT2D eigenvalue weighted by molar-refractivity contribution is 0.278. The molecule has 0 aliphatic heterocycles. The van der Waals surface area contributed by atoms with Crippen molar-refractivity contribution in [2.45, 2.75) is 46.2 Å². The SMILES string of the molecule is CN(CCC(N)CC(C)(C)C)Cc1ccccc1. The fourth-order valence-corrected chi connectivity index (χ4v) is 2.25. The highest BCUT2D eigenvalue weighted by atomic mass is 15.1. The minimum absolute atomic E-state index is 0.309. The van der Waals surface area contributed by atoms with Gasteiger partial charge in [-0.15, -0.1) is 0 Å². The lowest BCUT2D eigenvalue weighted by atomic mass is 9.87. The lowest BCUT2D eigenvalue weighted by Crippen LogP contribution is -2.31. The van der Waals surface area contributed by atoms with Crippen molar-refractivity contribution < 1.29 is 0 Å². The fraction of sp³-hybridized carbons (Fsp3) is 0.625. The molecule has 0 aliphatic rings. The molecule has 0 aliphatic carbocycles. The molecule has 0 saturated carbocycles.